The lowest BCUT2D eigenvalue weighted by Crippen LogP contribution is -2.45. The summed E-state index contributed by atoms with van der Waals surface area (Å²) in [5, 5.41) is 10.5. The zero-order chi connectivity index (χ0) is 18.4. The van der Waals surface area contributed by atoms with Crippen LogP contribution in [0.25, 0.3) is 0 Å². The standard InChI is InChI=1S/C17H33NO4SSi/c1-17(2,3)24(4,5)22-12-14-8-9-15(19)18(14)10-6-7-11-23-13-16(20)21/h14H,6-13H2,1-5H3,(H,20,21)/p-1/t14-/m1/s1. The summed E-state index contributed by atoms with van der Waals surface area (Å²) in [6, 6.07) is 0.197. The highest BCUT2D eigenvalue weighted by Gasteiger charge is 2.39. The SMILES string of the molecule is CC(C)(C)[Si](C)(C)OC[C@H]1CCC(=O)N1CCCCSCC(=O)[O-]. The van der Waals surface area contributed by atoms with Gasteiger partial charge in [-0.2, -0.15) is 11.8 Å². The molecule has 1 atom stereocenters. The average molecular weight is 375 g/mol. The highest BCUT2D eigenvalue weighted by molar-refractivity contribution is 7.99. The highest BCUT2D eigenvalue weighted by Crippen LogP contribution is 2.37. The van der Waals surface area contributed by atoms with Gasteiger partial charge in [-0.15, -0.1) is 0 Å². The molecule has 1 heterocycles. The van der Waals surface area contributed by atoms with E-state index in [1.54, 1.807) is 0 Å². The summed E-state index contributed by atoms with van der Waals surface area (Å²) in [6.07, 6.45) is 3.32. The predicted octanol–water partition coefficient (Wildman–Crippen LogP) is 2.26. The molecule has 24 heavy (non-hydrogen) atoms. The van der Waals surface area contributed by atoms with Crippen LogP contribution in [0, 0.1) is 0 Å². The largest absolute Gasteiger partial charge is 0.549 e. The lowest BCUT2D eigenvalue weighted by Gasteiger charge is -2.38. The van der Waals surface area contributed by atoms with E-state index in [-0.39, 0.29) is 22.7 Å². The van der Waals surface area contributed by atoms with E-state index in [0.29, 0.717) is 13.0 Å². The fraction of sp³-hybridized carbons (Fsp3) is 0.882. The quantitative estimate of drug-likeness (QED) is 0.433. The van der Waals surface area contributed by atoms with Crippen molar-refractivity contribution in [1.82, 2.24) is 4.90 Å². The molecule has 0 bridgehead atoms. The molecule has 1 rings (SSSR count). The van der Waals surface area contributed by atoms with Crippen LogP contribution >= 0.6 is 11.8 Å². The third kappa shape index (κ3) is 6.76. The summed E-state index contributed by atoms with van der Waals surface area (Å²) in [5.74, 6) is 0.0473. The Balaban J connectivity index is 2.37. The van der Waals surface area contributed by atoms with Gasteiger partial charge in [-0.25, -0.2) is 0 Å². The van der Waals surface area contributed by atoms with E-state index in [0.717, 1.165) is 31.6 Å². The maximum atomic E-state index is 12.1. The van der Waals surface area contributed by atoms with Crippen LogP contribution in [-0.2, 0) is 14.0 Å². The molecule has 1 amide bonds. The van der Waals surface area contributed by atoms with E-state index >= 15 is 0 Å². The van der Waals surface area contributed by atoms with Crippen molar-refractivity contribution in [3.63, 3.8) is 0 Å². The van der Waals surface area contributed by atoms with Gasteiger partial charge in [0.25, 0.3) is 0 Å². The number of hydrogen-bond acceptors (Lipinski definition) is 5. The summed E-state index contributed by atoms with van der Waals surface area (Å²) in [4.78, 5) is 24.4. The Labute approximate surface area is 151 Å². The second-order valence-corrected chi connectivity index (χ2v) is 13.9. The van der Waals surface area contributed by atoms with Crippen LogP contribution in [0.15, 0.2) is 0 Å². The Hall–Kier alpha value is -0.533. The van der Waals surface area contributed by atoms with Gasteiger partial charge in [0, 0.05) is 18.7 Å². The fourth-order valence-corrected chi connectivity index (χ4v) is 4.20. The molecule has 1 aliphatic heterocycles. The average Bonchev–Trinajstić information content (AvgIpc) is 2.80. The minimum atomic E-state index is -1.79. The number of rotatable bonds is 10. The van der Waals surface area contributed by atoms with Gasteiger partial charge in [0.1, 0.15) is 0 Å². The molecule has 1 saturated heterocycles. The molecule has 1 fully saturated rings. The van der Waals surface area contributed by atoms with E-state index in [2.05, 4.69) is 33.9 Å². The fourth-order valence-electron chi connectivity index (χ4n) is 2.44. The number of carbonyl (C=O) groups is 2. The molecule has 5 nitrogen and oxygen atoms in total. The Bertz CT molecular complexity index is 437. The number of unbranched alkanes of at least 4 members (excludes halogenated alkanes) is 1. The summed E-state index contributed by atoms with van der Waals surface area (Å²) < 4.78 is 6.30. The number of amides is 1. The topological polar surface area (TPSA) is 69.7 Å². The van der Waals surface area contributed by atoms with E-state index in [1.807, 2.05) is 4.90 Å². The molecule has 0 radical (unpaired) electrons. The van der Waals surface area contributed by atoms with Crippen LogP contribution in [-0.4, -0.2) is 55.8 Å². The lowest BCUT2D eigenvalue weighted by atomic mass is 10.2. The van der Waals surface area contributed by atoms with E-state index < -0.39 is 14.3 Å². The number of thioether (sulfide) groups is 1. The van der Waals surface area contributed by atoms with Crippen molar-refractivity contribution >= 4 is 32.0 Å². The number of nitrogens with zero attached hydrogens (tertiary/aromatic N) is 1. The second kappa shape index (κ2) is 9.24. The van der Waals surface area contributed by atoms with Crippen LogP contribution in [0.5, 0.6) is 0 Å². The minimum Gasteiger partial charge on any atom is -0.549 e. The van der Waals surface area contributed by atoms with Crippen LogP contribution in [0.2, 0.25) is 18.1 Å². The first-order valence-electron chi connectivity index (χ1n) is 8.75. The normalized spacial score (nSPS) is 19.1. The van der Waals surface area contributed by atoms with Gasteiger partial charge in [-0.1, -0.05) is 20.8 Å². The number of carboxylic acid groups (broad SMARTS) is 1. The van der Waals surface area contributed by atoms with Crippen molar-refractivity contribution in [3.8, 4) is 0 Å². The Morgan fingerprint density at radius 3 is 2.62 bits per heavy atom. The maximum Gasteiger partial charge on any atom is 0.222 e. The molecule has 0 unspecified atom stereocenters. The van der Waals surface area contributed by atoms with Gasteiger partial charge in [0.05, 0.1) is 18.6 Å². The number of aliphatic carboxylic acids is 1. The van der Waals surface area contributed by atoms with E-state index in [4.69, 9.17) is 4.43 Å². The first kappa shape index (κ1) is 21.5. The Morgan fingerprint density at radius 2 is 2.04 bits per heavy atom. The monoisotopic (exact) mass is 374 g/mol. The number of carboxylic acids is 1. The molecule has 0 aromatic rings. The summed E-state index contributed by atoms with van der Waals surface area (Å²) in [7, 11) is -1.79. The molecular formula is C17H32NO4SSi-. The van der Waals surface area contributed by atoms with Gasteiger partial charge >= 0.3 is 0 Å². The second-order valence-electron chi connectivity index (χ2n) is 7.98. The van der Waals surface area contributed by atoms with Crippen molar-refractivity contribution in [3.05, 3.63) is 0 Å². The third-order valence-corrected chi connectivity index (χ3v) is 10.6. The maximum absolute atomic E-state index is 12.1. The van der Waals surface area contributed by atoms with Crippen LogP contribution in [0.3, 0.4) is 0 Å². The molecule has 0 aliphatic carbocycles. The zero-order valence-electron chi connectivity index (χ0n) is 15.7. The summed E-state index contributed by atoms with van der Waals surface area (Å²) >= 11 is 1.38. The number of carbonyl (C=O) groups excluding carboxylic acids is 2. The summed E-state index contributed by atoms with van der Waals surface area (Å²) in [5.41, 5.74) is 0. The Kier molecular flexibility index (Phi) is 8.28. The van der Waals surface area contributed by atoms with E-state index in [1.165, 1.54) is 11.8 Å². The first-order chi connectivity index (χ1) is 11.0. The smallest absolute Gasteiger partial charge is 0.222 e. The molecule has 140 valence electrons. The molecule has 7 heteroatoms. The van der Waals surface area contributed by atoms with Crippen molar-refractivity contribution < 1.29 is 19.1 Å². The molecule has 0 saturated carbocycles. The Morgan fingerprint density at radius 1 is 1.38 bits per heavy atom. The number of likely N-dealkylation sites (tertiary alicyclic amines) is 1. The van der Waals surface area contributed by atoms with Crippen LogP contribution in [0.4, 0.5) is 0 Å². The minimum absolute atomic E-state index is 0.0472. The molecule has 0 aromatic heterocycles. The molecule has 0 spiro atoms. The number of hydrogen-bond donors (Lipinski definition) is 0. The van der Waals surface area contributed by atoms with Gasteiger partial charge in [0.2, 0.25) is 5.91 Å². The first-order valence-corrected chi connectivity index (χ1v) is 12.8. The summed E-state index contributed by atoms with van der Waals surface area (Å²) in [6.45, 7) is 12.5. The van der Waals surface area contributed by atoms with Crippen molar-refractivity contribution in [2.45, 2.75) is 70.6 Å². The molecule has 0 aromatic carbocycles. The van der Waals surface area contributed by atoms with Crippen molar-refractivity contribution in [2.75, 3.05) is 24.7 Å². The van der Waals surface area contributed by atoms with Crippen molar-refractivity contribution in [2.24, 2.45) is 0 Å². The zero-order valence-corrected chi connectivity index (χ0v) is 17.5. The predicted molar refractivity (Wildman–Crippen MR) is 99.5 cm³/mol. The molecule has 0 N–H and O–H groups in total. The van der Waals surface area contributed by atoms with Crippen molar-refractivity contribution in [1.29, 1.82) is 0 Å². The van der Waals surface area contributed by atoms with Gasteiger partial charge in [-0.05, 0) is 43.1 Å². The lowest BCUT2D eigenvalue weighted by molar-refractivity contribution is -0.301. The van der Waals surface area contributed by atoms with E-state index in [9.17, 15) is 14.7 Å². The molecular weight excluding hydrogens is 342 g/mol. The van der Waals surface area contributed by atoms with Gasteiger partial charge in [0.15, 0.2) is 8.32 Å². The van der Waals surface area contributed by atoms with Crippen LogP contribution in [0.1, 0.15) is 46.5 Å². The van der Waals surface area contributed by atoms with Crippen LogP contribution < -0.4 is 5.11 Å². The van der Waals surface area contributed by atoms with Gasteiger partial charge in [-0.3, -0.25) is 4.79 Å². The third-order valence-electron chi connectivity index (χ3n) is 5.05. The highest BCUT2D eigenvalue weighted by atomic mass is 32.2. The van der Waals surface area contributed by atoms with Gasteiger partial charge < -0.3 is 19.2 Å². The molecule has 1 aliphatic rings.